The maximum atomic E-state index is 13.0. The normalized spacial score (nSPS) is 16.9. The van der Waals surface area contributed by atoms with E-state index in [0.717, 1.165) is 90.1 Å². The van der Waals surface area contributed by atoms with E-state index < -0.39 is 30.2 Å². The highest BCUT2D eigenvalue weighted by Gasteiger charge is 2.39. The van der Waals surface area contributed by atoms with Crippen molar-refractivity contribution in [3.05, 3.63) is 414 Å². The first-order valence-electron chi connectivity index (χ1n) is 43.9. The van der Waals surface area contributed by atoms with Crippen LogP contribution in [0, 0.1) is 13.8 Å². The van der Waals surface area contributed by atoms with Crippen LogP contribution in [0.4, 0.5) is 28.4 Å². The average Bonchev–Trinajstić information content (AvgIpc) is 1.66. The molecule has 24 nitrogen and oxygen atoms in total. The fraction of sp³-hybridized carbons (Fsp3) is 0.138. The van der Waals surface area contributed by atoms with Crippen molar-refractivity contribution in [2.75, 3.05) is 59.7 Å². The summed E-state index contributed by atoms with van der Waals surface area (Å²) >= 11 is 30.1. The molecule has 1 aliphatic carbocycles. The van der Waals surface area contributed by atoms with Crippen LogP contribution in [0.3, 0.4) is 0 Å². The number of aryl methyl sites for hydroxylation is 2. The highest BCUT2D eigenvalue weighted by molar-refractivity contribution is 6.33. The number of benzene rings is 10. The molecule has 5 atom stereocenters. The fourth-order valence-electron chi connectivity index (χ4n) is 16.8. The summed E-state index contributed by atoms with van der Waals surface area (Å²) in [5.41, 5.74) is 21.3. The van der Waals surface area contributed by atoms with Gasteiger partial charge < -0.3 is 51.1 Å². The summed E-state index contributed by atoms with van der Waals surface area (Å²) in [7, 11) is 8.35. The predicted molar refractivity (Wildman–Crippen MR) is 541 cm³/mol. The molecule has 5 N–H and O–H groups in total. The van der Waals surface area contributed by atoms with Crippen LogP contribution >= 0.6 is 58.0 Å². The smallest absolute Gasteiger partial charge is 0.254 e. The van der Waals surface area contributed by atoms with Crippen molar-refractivity contribution in [1.82, 2.24) is 46.5 Å². The van der Waals surface area contributed by atoms with E-state index in [-0.39, 0.29) is 59.1 Å². The zero-order chi connectivity index (χ0) is 97.3. The molecule has 690 valence electrons. The first-order valence-corrected chi connectivity index (χ1v) is 45.8. The third kappa shape index (κ3) is 21.5. The van der Waals surface area contributed by atoms with E-state index in [9.17, 15) is 47.9 Å². The number of allylic oxidation sites excluding steroid dienone is 4. The van der Waals surface area contributed by atoms with E-state index in [0.29, 0.717) is 99.8 Å². The van der Waals surface area contributed by atoms with E-state index in [1.807, 2.05) is 190 Å². The summed E-state index contributed by atoms with van der Waals surface area (Å²) in [5, 5.41) is 16.4. The quantitative estimate of drug-likeness (QED) is 0.0760. The maximum absolute atomic E-state index is 13.0. The number of pyridine rings is 4. The van der Waals surface area contributed by atoms with Gasteiger partial charge in [-0.2, -0.15) is 0 Å². The molecule has 0 bridgehead atoms. The van der Waals surface area contributed by atoms with Gasteiger partial charge in [0.15, 0.2) is 0 Å². The Morgan fingerprint density at radius 2 is 0.623 bits per heavy atom. The van der Waals surface area contributed by atoms with Crippen LogP contribution < -0.4 is 51.1 Å². The summed E-state index contributed by atoms with van der Waals surface area (Å²) in [6, 6.07) is 75.7. The third-order valence-electron chi connectivity index (χ3n) is 24.4. The summed E-state index contributed by atoms with van der Waals surface area (Å²) in [4.78, 5) is 152. The lowest BCUT2D eigenvalue weighted by Crippen LogP contribution is -2.45. The molecule has 138 heavy (non-hydrogen) atoms. The Hall–Kier alpha value is -15.6. The first-order chi connectivity index (χ1) is 66.5. The second-order valence-corrected chi connectivity index (χ2v) is 35.6. The van der Waals surface area contributed by atoms with Gasteiger partial charge in [-0.3, -0.25) is 67.9 Å². The van der Waals surface area contributed by atoms with Crippen LogP contribution in [-0.4, -0.2) is 126 Å². The number of nitrogens with one attached hydrogen (secondary N) is 5. The molecule has 0 spiro atoms. The summed E-state index contributed by atoms with van der Waals surface area (Å²) in [6.45, 7) is 3.91. The molecule has 5 unspecified atom stereocenters. The number of fused-ring (bicyclic) bond motifs is 5. The molecule has 0 saturated carbocycles. The molecule has 5 aliphatic heterocycles. The monoisotopic (exact) mass is 1930 g/mol. The molecule has 0 fully saturated rings. The van der Waals surface area contributed by atoms with Crippen molar-refractivity contribution >= 4 is 151 Å². The minimum atomic E-state index is -0.767. The summed E-state index contributed by atoms with van der Waals surface area (Å²) < 4.78 is 0. The number of nitrogens with zero attached hydrogens (tertiary/aromatic N) is 9. The molecular formula is C109H89Cl5N14O10. The molecule has 10 aromatic carbocycles. The van der Waals surface area contributed by atoms with Gasteiger partial charge in [0.05, 0.1) is 56.3 Å². The van der Waals surface area contributed by atoms with Crippen LogP contribution in [0.2, 0.25) is 25.1 Å². The van der Waals surface area contributed by atoms with Gasteiger partial charge in [0.25, 0.3) is 47.3 Å². The summed E-state index contributed by atoms with van der Waals surface area (Å²) in [6.07, 6.45) is 18.7. The van der Waals surface area contributed by atoms with Crippen LogP contribution in [0.25, 0.3) is 50.1 Å². The number of anilines is 5. The topological polar surface area (TPSA) is 299 Å². The lowest BCUT2D eigenvalue weighted by molar-refractivity contribution is -0.120. The Kier molecular flexibility index (Phi) is 29.2. The Morgan fingerprint density at radius 1 is 0.297 bits per heavy atom. The minimum absolute atomic E-state index is 0.159. The molecule has 29 heteroatoms. The van der Waals surface area contributed by atoms with Gasteiger partial charge in [-0.15, -0.1) is 0 Å². The van der Waals surface area contributed by atoms with Crippen molar-refractivity contribution in [3.63, 3.8) is 0 Å². The van der Waals surface area contributed by atoms with E-state index in [2.05, 4.69) is 64.7 Å². The molecule has 0 radical (unpaired) electrons. The van der Waals surface area contributed by atoms with Crippen molar-refractivity contribution < 1.29 is 47.9 Å². The third-order valence-corrected chi connectivity index (χ3v) is 25.5. The Labute approximate surface area is 821 Å². The van der Waals surface area contributed by atoms with Crippen molar-refractivity contribution in [3.8, 4) is 44.5 Å². The number of rotatable bonds is 12. The highest BCUT2D eigenvalue weighted by Crippen LogP contribution is 2.38. The van der Waals surface area contributed by atoms with Gasteiger partial charge in [0, 0.05) is 127 Å². The molecule has 6 aliphatic rings. The number of hydrogen-bond acceptors (Lipinski definition) is 14. The van der Waals surface area contributed by atoms with Crippen LogP contribution in [0.5, 0.6) is 0 Å². The average molecular weight is 1930 g/mol. The van der Waals surface area contributed by atoms with Gasteiger partial charge >= 0.3 is 0 Å². The van der Waals surface area contributed by atoms with Gasteiger partial charge in [-0.05, 0) is 226 Å². The second kappa shape index (κ2) is 42.1. The molecule has 9 heterocycles. The van der Waals surface area contributed by atoms with Crippen LogP contribution in [0.1, 0.15) is 121 Å². The number of amides is 10. The molecule has 0 saturated heterocycles. The first kappa shape index (κ1) is 95.6. The van der Waals surface area contributed by atoms with E-state index in [4.69, 9.17) is 58.0 Å². The van der Waals surface area contributed by atoms with Crippen molar-refractivity contribution in [2.24, 2.45) is 0 Å². The van der Waals surface area contributed by atoms with Crippen LogP contribution in [-0.2, 0) is 36.8 Å². The van der Waals surface area contributed by atoms with Crippen LogP contribution in [0.15, 0.2) is 316 Å². The van der Waals surface area contributed by atoms with Gasteiger partial charge in [0.2, 0.25) is 11.8 Å². The van der Waals surface area contributed by atoms with Crippen molar-refractivity contribution in [2.45, 2.75) is 63.3 Å². The largest absolute Gasteiger partial charge is 0.340 e. The molecular weight excluding hydrogens is 1840 g/mol. The molecule has 20 rings (SSSR count). The predicted octanol–water partition coefficient (Wildman–Crippen LogP) is 19.9. The van der Waals surface area contributed by atoms with Gasteiger partial charge in [-0.25, -0.2) is 0 Å². The zero-order valence-electron chi connectivity index (χ0n) is 75.5. The van der Waals surface area contributed by atoms with Gasteiger partial charge in [0.1, 0.15) is 30.2 Å². The Bertz CT molecular complexity index is 6980. The Morgan fingerprint density at radius 3 is 0.971 bits per heavy atom. The minimum Gasteiger partial charge on any atom is -0.340 e. The SMILES string of the molecule is CN1C(=O)C(c2ccc(-c3cccnc3)cc2)NC(=O)c2cc(Cl)ccc21.CN1C(=O)C(c2ccc(-c3ccncc3)cc2)NC(=O)c2cc(Cl)ccc21.CN1C(=O)C(c2ccc(C3=CCC=C3)cc2)NC(=O)c2cc(Cl)ccc21.Cc1cc(-c2ccc(CC3NC(=O)c4cc(Cl)ccc4N(C)C3=O)cc2)ccn1.Cc1ccc(-c2ccc(CC3NC(=O)c4cc(Cl)ccc4N(C)C3=O)cc2)cn1. The highest BCUT2D eigenvalue weighted by atomic mass is 35.5. The van der Waals surface area contributed by atoms with E-state index in [1.165, 1.54) is 30.1 Å². The maximum Gasteiger partial charge on any atom is 0.254 e. The Balaban J connectivity index is 0.000000125. The number of likely N-dealkylation sites (N-methyl/N-ethyl adjacent to an activating group) is 5. The fourth-order valence-corrected chi connectivity index (χ4v) is 17.6. The van der Waals surface area contributed by atoms with E-state index >= 15 is 0 Å². The standard InChI is InChI=1S/2C23H20ClN3O2.2C21H16ClN3O2.C21H17ClN2O2/c1-14-3-6-17(13-25-14)16-7-4-15(5-8-16)11-20-23(29)27(2)21-10-9-18(24)12-19(21)22(28)26-20;1-14-11-17(9-10-25-14)16-5-3-15(4-6-16)12-20-23(29)27(2)21-8-7-18(24)13-19(21)22(28)26-20;1-25-18-7-6-16(22)12-17(18)20(26)24-19(21(25)27)15-4-2-13(3-5-15)14-8-10-23-11-9-14;1-25-18-9-8-16(22)11-17(18)20(26)24-19(21(25)27)14-6-4-13(5-7-14)15-3-2-10-23-12-15;1-24-18-11-10-16(22)12-17(18)20(25)23-19(21(24)26)15-8-6-14(7-9-15)13-4-2-3-5-13/h3-10,12-13,20H,11H2,1-2H3,(H,26,28);3-11,13,20H,12H2,1-2H3,(H,26,28);2*2-12,19H,1H3,(H,24,26);2,4-12,19H,3H2,1H3,(H,23,25). The number of carbonyl (C=O) groups excluding carboxylic acids is 10. The van der Waals surface area contributed by atoms with Gasteiger partial charge in [-0.1, -0.05) is 210 Å². The number of aromatic nitrogens is 4. The molecule has 10 amide bonds. The number of carbonyl (C=O) groups is 10. The molecule has 14 aromatic rings. The zero-order valence-corrected chi connectivity index (χ0v) is 79.3. The lowest BCUT2D eigenvalue weighted by atomic mass is 10.0. The number of hydrogen-bond donors (Lipinski definition) is 5. The lowest BCUT2D eigenvalue weighted by Gasteiger charge is -2.21. The van der Waals surface area contributed by atoms with Crippen molar-refractivity contribution in [1.29, 1.82) is 0 Å². The second-order valence-electron chi connectivity index (χ2n) is 33.4. The van der Waals surface area contributed by atoms with E-state index in [1.54, 1.807) is 157 Å². The summed E-state index contributed by atoms with van der Waals surface area (Å²) in [5.74, 6) is -2.48. The molecule has 4 aromatic heterocycles. The number of halogens is 5.